The smallest absolute Gasteiger partial charge is 0.250 e. The van der Waals surface area contributed by atoms with Crippen LogP contribution in [0, 0.1) is 11.8 Å². The van der Waals surface area contributed by atoms with E-state index in [9.17, 15) is 14.4 Å². The van der Waals surface area contributed by atoms with Crippen molar-refractivity contribution in [3.05, 3.63) is 72.3 Å². The number of benzene rings is 3. The Labute approximate surface area is 195 Å². The Morgan fingerprint density at radius 3 is 2.52 bits per heavy atom. The Balaban J connectivity index is 1.49. The monoisotopic (exact) mass is 457 g/mol. The van der Waals surface area contributed by atoms with E-state index in [1.54, 1.807) is 11.8 Å². The van der Waals surface area contributed by atoms with Crippen molar-refractivity contribution in [1.82, 2.24) is 5.32 Å². The van der Waals surface area contributed by atoms with E-state index in [2.05, 4.69) is 10.6 Å². The lowest BCUT2D eigenvalue weighted by atomic mass is 9.76. The fourth-order valence-corrected chi connectivity index (χ4v) is 6.31. The quantitative estimate of drug-likeness (QED) is 0.586. The minimum atomic E-state index is -1.23. The summed E-state index contributed by atoms with van der Waals surface area (Å²) in [5, 5.41) is 8.43. The minimum Gasteiger partial charge on any atom is -0.324 e. The van der Waals surface area contributed by atoms with Crippen LogP contribution in [-0.4, -0.2) is 35.8 Å². The molecule has 3 aromatic carbocycles. The van der Waals surface area contributed by atoms with Crippen LogP contribution >= 0.6 is 11.8 Å². The Bertz CT molecular complexity index is 1320. The number of carbonyl (C=O) groups is 3. The molecule has 2 N–H and O–H groups in total. The molecule has 2 fully saturated rings. The molecular formula is C26H23N3O3S. The zero-order chi connectivity index (χ0) is 22.7. The number of imide groups is 1. The third kappa shape index (κ3) is 2.75. The second kappa shape index (κ2) is 7.43. The van der Waals surface area contributed by atoms with Gasteiger partial charge in [0.25, 0.3) is 0 Å². The standard InChI is InChI=1S/C26H23N3O3S/c1-33-13-12-20-21-22(26(28-20)18-8-4-5-9-19(18)27-25(26)32)24(31)29(23(21)30)17-11-10-15-6-2-3-7-16(15)14-17/h2-11,14,20-22,28H,12-13H2,1H3,(H,27,32)/t20-,21+,22+,26+/m1/s1. The van der Waals surface area contributed by atoms with Crippen LogP contribution in [0.25, 0.3) is 10.8 Å². The molecule has 3 aliphatic heterocycles. The van der Waals surface area contributed by atoms with Crippen molar-refractivity contribution in [1.29, 1.82) is 0 Å². The highest BCUT2D eigenvalue weighted by molar-refractivity contribution is 7.98. The van der Waals surface area contributed by atoms with E-state index in [1.807, 2.05) is 73.0 Å². The average molecular weight is 458 g/mol. The van der Waals surface area contributed by atoms with Gasteiger partial charge in [-0.25, -0.2) is 4.90 Å². The molecule has 0 saturated carbocycles. The summed E-state index contributed by atoms with van der Waals surface area (Å²) >= 11 is 1.69. The number of fused-ring (bicyclic) bond motifs is 5. The van der Waals surface area contributed by atoms with Crippen LogP contribution in [0.3, 0.4) is 0 Å². The first-order chi connectivity index (χ1) is 16.1. The molecule has 0 unspecified atom stereocenters. The first-order valence-electron chi connectivity index (χ1n) is 11.1. The Hall–Kier alpha value is -3.16. The number of hydrogen-bond acceptors (Lipinski definition) is 5. The van der Waals surface area contributed by atoms with E-state index < -0.39 is 17.4 Å². The van der Waals surface area contributed by atoms with Crippen molar-refractivity contribution in [3.8, 4) is 0 Å². The van der Waals surface area contributed by atoms with E-state index in [4.69, 9.17) is 0 Å². The van der Waals surface area contributed by atoms with Crippen molar-refractivity contribution in [2.24, 2.45) is 11.8 Å². The summed E-state index contributed by atoms with van der Waals surface area (Å²) in [4.78, 5) is 42.5. The van der Waals surface area contributed by atoms with Crippen LogP contribution in [0.1, 0.15) is 12.0 Å². The number of thioether (sulfide) groups is 1. The fourth-order valence-electron chi connectivity index (χ4n) is 5.82. The van der Waals surface area contributed by atoms with E-state index >= 15 is 0 Å². The maximum absolute atomic E-state index is 13.9. The number of amides is 3. The van der Waals surface area contributed by atoms with E-state index in [1.165, 1.54) is 4.90 Å². The van der Waals surface area contributed by atoms with Crippen LogP contribution < -0.4 is 15.5 Å². The molecule has 0 aliphatic carbocycles. The molecule has 6 nitrogen and oxygen atoms in total. The second-order valence-electron chi connectivity index (χ2n) is 8.89. The molecule has 7 heteroatoms. The molecule has 33 heavy (non-hydrogen) atoms. The molecule has 2 saturated heterocycles. The van der Waals surface area contributed by atoms with Gasteiger partial charge in [0.2, 0.25) is 17.7 Å². The molecule has 6 rings (SSSR count). The van der Waals surface area contributed by atoms with Crippen molar-refractivity contribution in [2.75, 3.05) is 22.2 Å². The van der Waals surface area contributed by atoms with Crippen molar-refractivity contribution in [2.45, 2.75) is 18.0 Å². The third-order valence-corrected chi connectivity index (χ3v) is 7.89. The first kappa shape index (κ1) is 20.4. The zero-order valence-electron chi connectivity index (χ0n) is 18.1. The van der Waals surface area contributed by atoms with Gasteiger partial charge in [0, 0.05) is 17.3 Å². The van der Waals surface area contributed by atoms with Crippen LogP contribution in [-0.2, 0) is 19.9 Å². The van der Waals surface area contributed by atoms with Crippen molar-refractivity contribution < 1.29 is 14.4 Å². The van der Waals surface area contributed by atoms with Crippen LogP contribution in [0.5, 0.6) is 0 Å². The van der Waals surface area contributed by atoms with Gasteiger partial charge in [0.15, 0.2) is 0 Å². The van der Waals surface area contributed by atoms with Crippen LogP contribution in [0.15, 0.2) is 66.7 Å². The van der Waals surface area contributed by atoms with Gasteiger partial charge in [-0.3, -0.25) is 19.7 Å². The number of anilines is 2. The fraction of sp³-hybridized carbons (Fsp3) is 0.269. The molecule has 0 radical (unpaired) electrons. The summed E-state index contributed by atoms with van der Waals surface area (Å²) < 4.78 is 0. The van der Waals surface area contributed by atoms with Gasteiger partial charge >= 0.3 is 0 Å². The largest absolute Gasteiger partial charge is 0.324 e. The predicted molar refractivity (Wildman–Crippen MR) is 130 cm³/mol. The molecule has 3 aliphatic rings. The first-order valence-corrected chi connectivity index (χ1v) is 12.5. The molecular weight excluding hydrogens is 434 g/mol. The summed E-state index contributed by atoms with van der Waals surface area (Å²) in [6, 6.07) is 20.7. The summed E-state index contributed by atoms with van der Waals surface area (Å²) in [5.41, 5.74) is 0.772. The van der Waals surface area contributed by atoms with Gasteiger partial charge in [0.1, 0.15) is 5.54 Å². The normalized spacial score (nSPS) is 28.0. The average Bonchev–Trinajstić information content (AvgIpc) is 3.42. The highest BCUT2D eigenvalue weighted by atomic mass is 32.2. The predicted octanol–water partition coefficient (Wildman–Crippen LogP) is 3.52. The van der Waals surface area contributed by atoms with Crippen LogP contribution in [0.4, 0.5) is 11.4 Å². The lowest BCUT2D eigenvalue weighted by Crippen LogP contribution is -2.53. The minimum absolute atomic E-state index is 0.229. The molecule has 3 heterocycles. The highest BCUT2D eigenvalue weighted by Gasteiger charge is 2.70. The molecule has 4 atom stereocenters. The van der Waals surface area contributed by atoms with E-state index in [0.717, 1.165) is 22.1 Å². The molecule has 1 spiro atoms. The van der Waals surface area contributed by atoms with E-state index in [0.29, 0.717) is 17.8 Å². The van der Waals surface area contributed by atoms with Gasteiger partial charge in [0.05, 0.1) is 17.5 Å². The van der Waals surface area contributed by atoms with Crippen molar-refractivity contribution in [3.63, 3.8) is 0 Å². The third-order valence-electron chi connectivity index (χ3n) is 7.25. The second-order valence-corrected chi connectivity index (χ2v) is 9.87. The summed E-state index contributed by atoms with van der Waals surface area (Å²) in [7, 11) is 0. The summed E-state index contributed by atoms with van der Waals surface area (Å²) in [6.07, 6.45) is 2.72. The van der Waals surface area contributed by atoms with Crippen LogP contribution in [0.2, 0.25) is 0 Å². The summed E-state index contributed by atoms with van der Waals surface area (Å²) in [6.45, 7) is 0. The number of nitrogens with one attached hydrogen (secondary N) is 2. The maximum atomic E-state index is 13.9. The Morgan fingerprint density at radius 1 is 0.939 bits per heavy atom. The SMILES string of the molecule is CSCC[C@H]1N[C@]2(C(=O)Nc3ccccc32)[C@@H]2C(=O)N(c3ccc4ccccc4c3)C(=O)[C@H]21. The highest BCUT2D eigenvalue weighted by Crippen LogP contribution is 2.54. The topological polar surface area (TPSA) is 78.5 Å². The Morgan fingerprint density at radius 2 is 1.70 bits per heavy atom. The molecule has 3 aromatic rings. The molecule has 0 aromatic heterocycles. The van der Waals surface area contributed by atoms with E-state index in [-0.39, 0.29) is 23.8 Å². The number of nitrogens with zero attached hydrogens (tertiary/aromatic N) is 1. The maximum Gasteiger partial charge on any atom is 0.250 e. The number of rotatable bonds is 4. The lowest BCUT2D eigenvalue weighted by molar-refractivity contribution is -0.130. The van der Waals surface area contributed by atoms with Gasteiger partial charge in [-0.1, -0.05) is 48.5 Å². The number of hydrogen-bond donors (Lipinski definition) is 2. The Kier molecular flexibility index (Phi) is 4.61. The molecule has 166 valence electrons. The lowest BCUT2D eigenvalue weighted by Gasteiger charge is -2.29. The summed E-state index contributed by atoms with van der Waals surface area (Å²) in [5.74, 6) is -1.34. The van der Waals surface area contributed by atoms with Gasteiger partial charge < -0.3 is 5.32 Å². The van der Waals surface area contributed by atoms with Gasteiger partial charge in [-0.2, -0.15) is 11.8 Å². The van der Waals surface area contributed by atoms with Crippen molar-refractivity contribution >= 4 is 51.6 Å². The van der Waals surface area contributed by atoms with Gasteiger partial charge in [-0.05, 0) is 47.4 Å². The zero-order valence-corrected chi connectivity index (χ0v) is 18.9. The molecule has 3 amide bonds. The number of para-hydroxylation sites is 1. The molecule has 0 bridgehead atoms. The van der Waals surface area contributed by atoms with Gasteiger partial charge in [-0.15, -0.1) is 0 Å². The number of carbonyl (C=O) groups excluding carboxylic acids is 3.